The van der Waals surface area contributed by atoms with Crippen molar-refractivity contribution in [1.29, 1.82) is 0 Å². The standard InChI is InChI=1S/C16H15FN4O2/c1-8-14-12(6-10(18)15(8)23-2)19-7-20-16(14)21-11-4-3-9(17)5-13(11)22/h3-7,22H,18H2,1-2H3,(H,19,20,21). The Morgan fingerprint density at radius 1 is 1.26 bits per heavy atom. The second kappa shape index (κ2) is 5.60. The Kier molecular flexibility index (Phi) is 3.61. The zero-order chi connectivity index (χ0) is 16.6. The lowest BCUT2D eigenvalue weighted by Gasteiger charge is -2.15. The van der Waals surface area contributed by atoms with Crippen LogP contribution in [0, 0.1) is 12.7 Å². The average Bonchev–Trinajstić information content (AvgIpc) is 2.50. The normalized spacial score (nSPS) is 10.7. The minimum Gasteiger partial charge on any atom is -0.506 e. The van der Waals surface area contributed by atoms with Gasteiger partial charge in [0.2, 0.25) is 0 Å². The molecule has 0 radical (unpaired) electrons. The van der Waals surface area contributed by atoms with Crippen molar-refractivity contribution in [3.05, 3.63) is 42.0 Å². The van der Waals surface area contributed by atoms with Crippen molar-refractivity contribution in [3.63, 3.8) is 0 Å². The molecule has 0 saturated carbocycles. The van der Waals surface area contributed by atoms with Crippen LogP contribution < -0.4 is 15.8 Å². The summed E-state index contributed by atoms with van der Waals surface area (Å²) in [4.78, 5) is 8.42. The molecule has 0 aliphatic heterocycles. The number of nitrogens with two attached hydrogens (primary N) is 1. The third kappa shape index (κ3) is 2.57. The number of fused-ring (bicyclic) bond motifs is 1. The largest absolute Gasteiger partial charge is 0.506 e. The molecule has 0 atom stereocenters. The topological polar surface area (TPSA) is 93.3 Å². The Bertz CT molecular complexity index is 899. The van der Waals surface area contributed by atoms with Crippen molar-refractivity contribution in [3.8, 4) is 11.5 Å². The van der Waals surface area contributed by atoms with Crippen molar-refractivity contribution in [2.24, 2.45) is 0 Å². The van der Waals surface area contributed by atoms with Gasteiger partial charge in [0.1, 0.15) is 29.5 Å². The monoisotopic (exact) mass is 314 g/mol. The van der Waals surface area contributed by atoms with Crippen molar-refractivity contribution in [2.75, 3.05) is 18.2 Å². The summed E-state index contributed by atoms with van der Waals surface area (Å²) in [6.45, 7) is 1.84. The van der Waals surface area contributed by atoms with Gasteiger partial charge in [0, 0.05) is 17.0 Å². The number of benzene rings is 2. The number of aromatic hydroxyl groups is 1. The van der Waals surface area contributed by atoms with E-state index >= 15 is 0 Å². The second-order valence-corrected chi connectivity index (χ2v) is 5.03. The predicted octanol–water partition coefficient (Wildman–Crippen LogP) is 3.12. The van der Waals surface area contributed by atoms with E-state index < -0.39 is 5.82 Å². The van der Waals surface area contributed by atoms with Gasteiger partial charge in [-0.1, -0.05) is 0 Å². The van der Waals surface area contributed by atoms with Gasteiger partial charge in [0.05, 0.1) is 24.0 Å². The van der Waals surface area contributed by atoms with E-state index in [1.54, 1.807) is 6.07 Å². The van der Waals surface area contributed by atoms with E-state index in [-0.39, 0.29) is 5.75 Å². The zero-order valence-corrected chi connectivity index (χ0v) is 12.6. The number of nitrogens with one attached hydrogen (secondary N) is 1. The molecule has 0 fully saturated rings. The summed E-state index contributed by atoms with van der Waals surface area (Å²) >= 11 is 0. The minimum atomic E-state index is -0.522. The van der Waals surface area contributed by atoms with Crippen LogP contribution >= 0.6 is 0 Å². The number of aromatic nitrogens is 2. The summed E-state index contributed by atoms with van der Waals surface area (Å²) in [5.41, 5.74) is 8.18. The maximum absolute atomic E-state index is 13.1. The molecule has 0 saturated heterocycles. The van der Waals surface area contributed by atoms with Crippen LogP contribution in [0.1, 0.15) is 5.56 Å². The molecule has 0 bridgehead atoms. The molecule has 7 heteroatoms. The van der Waals surface area contributed by atoms with E-state index in [1.165, 1.54) is 25.6 Å². The SMILES string of the molecule is COc1c(N)cc2ncnc(Nc3ccc(F)cc3O)c2c1C. The number of ether oxygens (including phenoxy) is 1. The molecule has 118 valence electrons. The van der Waals surface area contributed by atoms with Crippen LogP contribution in [0.15, 0.2) is 30.6 Å². The highest BCUT2D eigenvalue weighted by atomic mass is 19.1. The molecule has 1 aromatic heterocycles. The summed E-state index contributed by atoms with van der Waals surface area (Å²) in [5, 5.41) is 13.5. The van der Waals surface area contributed by atoms with Gasteiger partial charge in [0.15, 0.2) is 0 Å². The van der Waals surface area contributed by atoms with E-state index in [4.69, 9.17) is 10.5 Å². The van der Waals surface area contributed by atoms with Crippen LogP contribution in [0.2, 0.25) is 0 Å². The maximum atomic E-state index is 13.1. The molecular formula is C16H15FN4O2. The van der Waals surface area contributed by atoms with Gasteiger partial charge in [-0.3, -0.25) is 0 Å². The number of rotatable bonds is 3. The number of nitrogens with zero attached hydrogens (tertiary/aromatic N) is 2. The molecule has 1 heterocycles. The van der Waals surface area contributed by atoms with Gasteiger partial charge >= 0.3 is 0 Å². The van der Waals surface area contributed by atoms with E-state index in [1.807, 2.05) is 6.92 Å². The first-order valence-electron chi connectivity index (χ1n) is 6.84. The molecule has 0 spiro atoms. The Balaban J connectivity index is 2.18. The number of phenolic OH excluding ortho intramolecular Hbond substituents is 1. The van der Waals surface area contributed by atoms with Crippen molar-refractivity contribution < 1.29 is 14.2 Å². The number of halogens is 1. The number of nitrogen functional groups attached to an aromatic ring is 1. The fraction of sp³-hybridized carbons (Fsp3) is 0.125. The first-order chi connectivity index (χ1) is 11.0. The van der Waals surface area contributed by atoms with Gasteiger partial charge in [-0.2, -0.15) is 0 Å². The molecule has 0 amide bonds. The lowest BCUT2D eigenvalue weighted by atomic mass is 10.1. The lowest BCUT2D eigenvalue weighted by molar-refractivity contribution is 0.414. The fourth-order valence-corrected chi connectivity index (χ4v) is 2.53. The number of anilines is 3. The van der Waals surface area contributed by atoms with Crippen LogP contribution in [-0.2, 0) is 0 Å². The molecule has 0 aliphatic carbocycles. The van der Waals surface area contributed by atoms with Gasteiger partial charge in [-0.05, 0) is 25.1 Å². The quantitative estimate of drug-likeness (QED) is 0.508. The highest BCUT2D eigenvalue weighted by Gasteiger charge is 2.15. The van der Waals surface area contributed by atoms with E-state index in [0.717, 1.165) is 11.6 Å². The molecule has 0 aliphatic rings. The molecule has 23 heavy (non-hydrogen) atoms. The molecule has 4 N–H and O–H groups in total. The summed E-state index contributed by atoms with van der Waals surface area (Å²) in [7, 11) is 1.53. The Morgan fingerprint density at radius 3 is 2.74 bits per heavy atom. The third-order valence-electron chi connectivity index (χ3n) is 3.56. The Labute approximate surface area is 131 Å². The fourth-order valence-electron chi connectivity index (χ4n) is 2.53. The molecule has 3 aromatic rings. The van der Waals surface area contributed by atoms with Gasteiger partial charge in [-0.15, -0.1) is 0 Å². The number of aryl methyl sites for hydroxylation is 1. The molecule has 3 rings (SSSR count). The van der Waals surface area contributed by atoms with Crippen LogP contribution in [0.4, 0.5) is 21.6 Å². The smallest absolute Gasteiger partial charge is 0.145 e. The van der Waals surface area contributed by atoms with Crippen LogP contribution in [0.3, 0.4) is 0 Å². The molecule has 0 unspecified atom stereocenters. The zero-order valence-electron chi connectivity index (χ0n) is 12.6. The minimum absolute atomic E-state index is 0.211. The summed E-state index contributed by atoms with van der Waals surface area (Å²) in [5.74, 6) is 0.273. The van der Waals surface area contributed by atoms with Crippen LogP contribution in [0.25, 0.3) is 10.9 Å². The summed E-state index contributed by atoms with van der Waals surface area (Å²) < 4.78 is 18.4. The van der Waals surface area contributed by atoms with Crippen molar-refractivity contribution in [1.82, 2.24) is 9.97 Å². The van der Waals surface area contributed by atoms with Crippen molar-refractivity contribution in [2.45, 2.75) is 6.92 Å². The first-order valence-corrected chi connectivity index (χ1v) is 6.84. The summed E-state index contributed by atoms with van der Waals surface area (Å²) in [6.07, 6.45) is 1.39. The molecular weight excluding hydrogens is 299 g/mol. The van der Waals surface area contributed by atoms with Gasteiger partial charge < -0.3 is 20.9 Å². The number of phenols is 1. The highest BCUT2D eigenvalue weighted by molar-refractivity contribution is 5.97. The first kappa shape index (κ1) is 14.8. The molecule has 6 nitrogen and oxygen atoms in total. The van der Waals surface area contributed by atoms with Crippen molar-refractivity contribution >= 4 is 28.1 Å². The van der Waals surface area contributed by atoms with Gasteiger partial charge in [0.25, 0.3) is 0 Å². The maximum Gasteiger partial charge on any atom is 0.145 e. The van der Waals surface area contributed by atoms with E-state index in [9.17, 15) is 9.50 Å². The molecule has 2 aromatic carbocycles. The number of hydrogen-bond acceptors (Lipinski definition) is 6. The third-order valence-corrected chi connectivity index (χ3v) is 3.56. The highest BCUT2D eigenvalue weighted by Crippen LogP contribution is 2.37. The summed E-state index contributed by atoms with van der Waals surface area (Å²) in [6, 6.07) is 5.40. The van der Waals surface area contributed by atoms with Crippen LogP contribution in [-0.4, -0.2) is 22.2 Å². The Morgan fingerprint density at radius 2 is 2.04 bits per heavy atom. The second-order valence-electron chi connectivity index (χ2n) is 5.03. The lowest BCUT2D eigenvalue weighted by Crippen LogP contribution is -2.01. The van der Waals surface area contributed by atoms with Crippen LogP contribution in [0.5, 0.6) is 11.5 Å². The van der Waals surface area contributed by atoms with Gasteiger partial charge in [-0.25, -0.2) is 14.4 Å². The predicted molar refractivity (Wildman–Crippen MR) is 86.6 cm³/mol. The van der Waals surface area contributed by atoms with E-state index in [2.05, 4.69) is 15.3 Å². The number of hydrogen-bond donors (Lipinski definition) is 3. The van der Waals surface area contributed by atoms with E-state index in [0.29, 0.717) is 33.8 Å². The number of methoxy groups -OCH3 is 1. The average molecular weight is 314 g/mol. The Hall–Kier alpha value is -3.09.